The van der Waals surface area contributed by atoms with E-state index in [-0.39, 0.29) is 10.6 Å². The molecule has 3 rings (SSSR count). The standard InChI is InChI=1S/C17H13NO3S/c19-17-11-10-13-6-4-5-9-15(13)16(17)12-18-22(20,21)14-7-2-1-3-8-14/h1-12,19H/b18-12+. The molecule has 0 bridgehead atoms. The number of rotatable bonds is 3. The van der Waals surface area contributed by atoms with Crippen LogP contribution in [0.4, 0.5) is 0 Å². The predicted octanol–water partition coefficient (Wildman–Crippen LogP) is 3.35. The fourth-order valence-corrected chi connectivity index (χ4v) is 3.06. The lowest BCUT2D eigenvalue weighted by atomic mass is 10.0. The molecule has 110 valence electrons. The van der Waals surface area contributed by atoms with Gasteiger partial charge in [-0.1, -0.05) is 48.5 Å². The van der Waals surface area contributed by atoms with Crippen LogP contribution >= 0.6 is 0 Å². The van der Waals surface area contributed by atoms with Crippen molar-refractivity contribution in [3.05, 3.63) is 72.3 Å². The van der Waals surface area contributed by atoms with Crippen molar-refractivity contribution in [2.45, 2.75) is 4.90 Å². The average Bonchev–Trinajstić information content (AvgIpc) is 2.55. The van der Waals surface area contributed by atoms with Gasteiger partial charge in [0, 0.05) is 5.56 Å². The molecular weight excluding hydrogens is 298 g/mol. The molecule has 0 saturated heterocycles. The summed E-state index contributed by atoms with van der Waals surface area (Å²) in [7, 11) is -3.79. The van der Waals surface area contributed by atoms with E-state index in [0.29, 0.717) is 5.56 Å². The van der Waals surface area contributed by atoms with E-state index in [1.54, 1.807) is 24.3 Å². The van der Waals surface area contributed by atoms with Crippen molar-refractivity contribution in [3.63, 3.8) is 0 Å². The molecule has 0 radical (unpaired) electrons. The van der Waals surface area contributed by atoms with Crippen molar-refractivity contribution in [3.8, 4) is 5.75 Å². The maximum Gasteiger partial charge on any atom is 0.282 e. The van der Waals surface area contributed by atoms with Crippen LogP contribution in [-0.2, 0) is 10.0 Å². The van der Waals surface area contributed by atoms with Crippen LogP contribution in [0.3, 0.4) is 0 Å². The third-order valence-electron chi connectivity index (χ3n) is 3.31. The Labute approximate surface area is 128 Å². The summed E-state index contributed by atoms with van der Waals surface area (Å²) in [5.41, 5.74) is 0.387. The number of nitrogens with zero attached hydrogens (tertiary/aromatic N) is 1. The van der Waals surface area contributed by atoms with Crippen LogP contribution in [0.2, 0.25) is 0 Å². The molecule has 0 aliphatic heterocycles. The minimum atomic E-state index is -3.79. The first-order chi connectivity index (χ1) is 10.6. The Morgan fingerprint density at radius 3 is 2.32 bits per heavy atom. The molecular formula is C17H13NO3S. The molecule has 0 heterocycles. The monoisotopic (exact) mass is 311 g/mol. The number of hydrogen-bond donors (Lipinski definition) is 1. The van der Waals surface area contributed by atoms with E-state index in [1.807, 2.05) is 24.3 Å². The molecule has 0 unspecified atom stereocenters. The number of aromatic hydroxyl groups is 1. The molecule has 0 atom stereocenters. The molecule has 1 N–H and O–H groups in total. The van der Waals surface area contributed by atoms with E-state index in [0.717, 1.165) is 10.8 Å². The Kier molecular flexibility index (Phi) is 3.65. The first-order valence-electron chi connectivity index (χ1n) is 6.64. The summed E-state index contributed by atoms with van der Waals surface area (Å²) in [6.07, 6.45) is 1.19. The third kappa shape index (κ3) is 2.71. The Balaban J connectivity index is 2.09. The minimum Gasteiger partial charge on any atom is -0.507 e. The second-order valence-electron chi connectivity index (χ2n) is 4.74. The van der Waals surface area contributed by atoms with Crippen LogP contribution in [0, 0.1) is 0 Å². The summed E-state index contributed by atoms with van der Waals surface area (Å²) in [6.45, 7) is 0. The summed E-state index contributed by atoms with van der Waals surface area (Å²) >= 11 is 0. The number of fused-ring (bicyclic) bond motifs is 1. The van der Waals surface area contributed by atoms with Gasteiger partial charge in [-0.3, -0.25) is 0 Å². The molecule has 0 spiro atoms. The molecule has 5 heteroatoms. The Morgan fingerprint density at radius 2 is 1.55 bits per heavy atom. The van der Waals surface area contributed by atoms with Gasteiger partial charge in [0.25, 0.3) is 10.0 Å². The van der Waals surface area contributed by atoms with E-state index in [2.05, 4.69) is 4.40 Å². The van der Waals surface area contributed by atoms with Crippen molar-refractivity contribution >= 4 is 27.0 Å². The predicted molar refractivity (Wildman–Crippen MR) is 86.8 cm³/mol. The lowest BCUT2D eigenvalue weighted by Gasteiger charge is -2.04. The Bertz CT molecular complexity index is 948. The Morgan fingerprint density at radius 1 is 0.864 bits per heavy atom. The maximum absolute atomic E-state index is 12.2. The summed E-state index contributed by atoms with van der Waals surface area (Å²) in [6, 6.07) is 18.7. The van der Waals surface area contributed by atoms with E-state index in [9.17, 15) is 13.5 Å². The fraction of sp³-hybridized carbons (Fsp3) is 0. The van der Waals surface area contributed by atoms with Crippen LogP contribution in [0.1, 0.15) is 5.56 Å². The smallest absolute Gasteiger partial charge is 0.282 e. The number of phenolic OH excluding ortho intramolecular Hbond substituents is 1. The van der Waals surface area contributed by atoms with Gasteiger partial charge in [0.1, 0.15) is 5.75 Å². The lowest BCUT2D eigenvalue weighted by Crippen LogP contribution is -1.97. The molecule has 0 aliphatic rings. The molecule has 0 fully saturated rings. The number of sulfonamides is 1. The summed E-state index contributed by atoms with van der Waals surface area (Å²) in [5, 5.41) is 11.6. The highest BCUT2D eigenvalue weighted by Crippen LogP contribution is 2.26. The van der Waals surface area contributed by atoms with Gasteiger partial charge in [0.15, 0.2) is 0 Å². The second-order valence-corrected chi connectivity index (χ2v) is 6.37. The fourth-order valence-electron chi connectivity index (χ4n) is 2.20. The molecule has 0 saturated carbocycles. The van der Waals surface area contributed by atoms with Crippen LogP contribution in [0.15, 0.2) is 76.0 Å². The number of benzene rings is 3. The number of hydrogen-bond acceptors (Lipinski definition) is 3. The van der Waals surface area contributed by atoms with E-state index >= 15 is 0 Å². The van der Waals surface area contributed by atoms with Crippen molar-refractivity contribution < 1.29 is 13.5 Å². The first kappa shape index (κ1) is 14.3. The lowest BCUT2D eigenvalue weighted by molar-refractivity contribution is 0.475. The third-order valence-corrected chi connectivity index (χ3v) is 4.56. The van der Waals surface area contributed by atoms with E-state index < -0.39 is 10.0 Å². The van der Waals surface area contributed by atoms with Crippen molar-refractivity contribution in [1.29, 1.82) is 0 Å². The summed E-state index contributed by atoms with van der Waals surface area (Å²) < 4.78 is 28.0. The highest BCUT2D eigenvalue weighted by atomic mass is 32.2. The average molecular weight is 311 g/mol. The van der Waals surface area contributed by atoms with E-state index in [1.165, 1.54) is 24.4 Å². The van der Waals surface area contributed by atoms with Crippen molar-refractivity contribution in [2.24, 2.45) is 4.40 Å². The molecule has 4 nitrogen and oxygen atoms in total. The molecule has 22 heavy (non-hydrogen) atoms. The van der Waals surface area contributed by atoms with Gasteiger partial charge >= 0.3 is 0 Å². The highest BCUT2D eigenvalue weighted by Gasteiger charge is 2.12. The van der Waals surface area contributed by atoms with Crippen molar-refractivity contribution in [1.82, 2.24) is 0 Å². The van der Waals surface area contributed by atoms with Crippen LogP contribution in [-0.4, -0.2) is 19.7 Å². The molecule has 3 aromatic carbocycles. The topological polar surface area (TPSA) is 66.7 Å². The van der Waals surface area contributed by atoms with Gasteiger partial charge in [0.2, 0.25) is 0 Å². The molecule has 0 aromatic heterocycles. The van der Waals surface area contributed by atoms with Crippen LogP contribution in [0.25, 0.3) is 10.8 Å². The van der Waals surface area contributed by atoms with Gasteiger partial charge in [-0.05, 0) is 29.0 Å². The largest absolute Gasteiger partial charge is 0.507 e. The quantitative estimate of drug-likeness (QED) is 0.754. The highest BCUT2D eigenvalue weighted by molar-refractivity contribution is 7.90. The zero-order valence-electron chi connectivity index (χ0n) is 11.5. The minimum absolute atomic E-state index is 0.00860. The maximum atomic E-state index is 12.2. The second kappa shape index (κ2) is 5.61. The summed E-state index contributed by atoms with van der Waals surface area (Å²) in [4.78, 5) is 0.117. The Hall–Kier alpha value is -2.66. The molecule has 3 aromatic rings. The van der Waals surface area contributed by atoms with Gasteiger partial charge in [0.05, 0.1) is 11.1 Å². The summed E-state index contributed by atoms with van der Waals surface area (Å²) in [5.74, 6) is -0.00860. The van der Waals surface area contributed by atoms with Crippen molar-refractivity contribution in [2.75, 3.05) is 0 Å². The zero-order chi connectivity index (χ0) is 15.6. The number of phenols is 1. The van der Waals surface area contributed by atoms with E-state index in [4.69, 9.17) is 0 Å². The van der Waals surface area contributed by atoms with Gasteiger partial charge in [-0.25, -0.2) is 0 Å². The SMILES string of the molecule is O=S(=O)(/N=C/c1c(O)ccc2ccccc12)c1ccccc1. The molecule has 0 aliphatic carbocycles. The van der Waals surface area contributed by atoms with Gasteiger partial charge < -0.3 is 5.11 Å². The van der Waals surface area contributed by atoms with Crippen LogP contribution < -0.4 is 0 Å². The van der Waals surface area contributed by atoms with Crippen LogP contribution in [0.5, 0.6) is 5.75 Å². The molecule has 0 amide bonds. The zero-order valence-corrected chi connectivity index (χ0v) is 12.4. The normalized spacial score (nSPS) is 12.0. The first-order valence-corrected chi connectivity index (χ1v) is 8.08. The van der Waals surface area contributed by atoms with Gasteiger partial charge in [-0.2, -0.15) is 12.8 Å². The van der Waals surface area contributed by atoms with Gasteiger partial charge in [-0.15, -0.1) is 0 Å².